The Hall–Kier alpha value is -6.19. The number of methoxy groups -OCH3 is 3. The number of carbonyl (C=O) groups is 8. The van der Waals surface area contributed by atoms with E-state index in [-0.39, 0.29) is 78.8 Å². The van der Waals surface area contributed by atoms with Crippen LogP contribution in [-0.2, 0) is 54.1 Å². The van der Waals surface area contributed by atoms with Crippen LogP contribution in [0.1, 0.15) is 91.5 Å². The minimum atomic E-state index is -1.91. The Bertz CT molecular complexity index is 2750. The monoisotopic (exact) mass is 1320 g/mol. The van der Waals surface area contributed by atoms with Crippen molar-refractivity contribution < 1.29 is 76.6 Å². The molecule has 2 aromatic rings. The normalized spacial score (nSPS) is 24.1. The van der Waals surface area contributed by atoms with Crippen molar-refractivity contribution in [2.45, 2.75) is 140 Å². The van der Waals surface area contributed by atoms with Gasteiger partial charge in [0.15, 0.2) is 5.72 Å². The van der Waals surface area contributed by atoms with Crippen LogP contribution in [0.5, 0.6) is 11.5 Å². The maximum atomic E-state index is 14.5. The van der Waals surface area contributed by atoms with Gasteiger partial charge in [-0.25, -0.2) is 14.4 Å². The minimum absolute atomic E-state index is 0.0325. The molecule has 84 heavy (non-hydrogen) atoms. The number of hydrogen-bond donors (Lipinski definition) is 8. The number of anilines is 3. The number of nitrogens with two attached hydrogens (primary N) is 1. The number of rotatable bonds is 24. The van der Waals surface area contributed by atoms with E-state index >= 15 is 0 Å². The zero-order chi connectivity index (χ0) is 62.1. The molecule has 2 fully saturated rings. The van der Waals surface area contributed by atoms with Crippen molar-refractivity contribution in [3.63, 3.8) is 0 Å². The molecule has 0 radical (unpaired) electrons. The number of urea groups is 1. The van der Waals surface area contributed by atoms with E-state index in [9.17, 15) is 43.5 Å². The smallest absolute Gasteiger partial charge is 0.412 e. The van der Waals surface area contributed by atoms with Gasteiger partial charge in [-0.05, 0) is 88.1 Å². The Balaban J connectivity index is 1.33. The predicted octanol–water partition coefficient (Wildman–Crippen LogP) is 6.90. The molecule has 8 amide bonds. The molecule has 0 spiro atoms. The lowest BCUT2D eigenvalue weighted by atomic mass is 9.83. The van der Waals surface area contributed by atoms with Crippen LogP contribution in [0.4, 0.5) is 31.4 Å². The number of allylic oxidation sites excluding steroid dienone is 3. The van der Waals surface area contributed by atoms with Crippen molar-refractivity contribution >= 4 is 108 Å². The van der Waals surface area contributed by atoms with Crippen molar-refractivity contribution in [1.29, 1.82) is 0 Å². The summed E-state index contributed by atoms with van der Waals surface area (Å²) in [6.45, 7) is 9.09. The molecule has 2 aromatic carbocycles. The third kappa shape index (κ3) is 18.9. The molecule has 4 bridgehead atoms. The van der Waals surface area contributed by atoms with Crippen LogP contribution < -0.4 is 52.0 Å². The summed E-state index contributed by atoms with van der Waals surface area (Å²) in [4.78, 5) is 108. The number of esters is 1. The Morgan fingerprint density at radius 3 is 2.33 bits per heavy atom. The molecule has 0 saturated carbocycles. The van der Waals surface area contributed by atoms with Gasteiger partial charge in [-0.2, -0.15) is 0 Å². The predicted molar refractivity (Wildman–Crippen MR) is 320 cm³/mol. The second-order valence-corrected chi connectivity index (χ2v) is 23.2. The summed E-state index contributed by atoms with van der Waals surface area (Å²) in [5.74, 6) is -3.46. The molecule has 3 aliphatic heterocycles. The number of nitrogens with one attached hydrogen (secondary N) is 6. The van der Waals surface area contributed by atoms with Crippen LogP contribution in [0.2, 0.25) is 5.02 Å². The lowest BCUT2D eigenvalue weighted by Gasteiger charge is -2.42. The van der Waals surface area contributed by atoms with Crippen LogP contribution in [-0.4, -0.2) is 153 Å². The lowest BCUT2D eigenvalue weighted by molar-refractivity contribution is -0.147. The highest BCUT2D eigenvalue weighted by atomic mass is 79.9. The quantitative estimate of drug-likeness (QED) is 0.0174. The molecule has 2 saturated heterocycles. The first-order chi connectivity index (χ1) is 39.8. The number of carbonyl (C=O) groups excluding carboxylic acids is 8. The van der Waals surface area contributed by atoms with E-state index in [4.69, 9.17) is 50.5 Å². The average molecular weight is 1330 g/mol. The van der Waals surface area contributed by atoms with E-state index < -0.39 is 102 Å². The second-order valence-electron chi connectivity index (χ2n) is 21.5. The Morgan fingerprint density at radius 1 is 0.964 bits per heavy atom. The van der Waals surface area contributed by atoms with E-state index in [1.165, 1.54) is 51.5 Å². The van der Waals surface area contributed by atoms with Gasteiger partial charge in [-0.3, -0.25) is 34.6 Å². The third-order valence-corrected chi connectivity index (χ3v) is 16.7. The van der Waals surface area contributed by atoms with Crippen molar-refractivity contribution in [3.05, 3.63) is 64.7 Å². The Kier molecular flexibility index (Phi) is 26.0. The van der Waals surface area contributed by atoms with Gasteiger partial charge >= 0.3 is 24.2 Å². The minimum Gasteiger partial charge on any atom is -0.495 e. The summed E-state index contributed by atoms with van der Waals surface area (Å²) in [5.41, 5.74) is 4.23. The van der Waals surface area contributed by atoms with Crippen LogP contribution >= 0.6 is 43.5 Å². The zero-order valence-corrected chi connectivity index (χ0v) is 52.7. The lowest BCUT2D eigenvalue weighted by Crippen LogP contribution is -2.63. The highest BCUT2D eigenvalue weighted by Crippen LogP contribution is 2.49. The second kappa shape index (κ2) is 31.8. The molecule has 3 heterocycles. The molecule has 3 aliphatic rings. The van der Waals surface area contributed by atoms with Crippen LogP contribution in [0.15, 0.2) is 54.1 Å². The Labute approximate surface area is 511 Å². The number of fused-ring (bicyclic) bond motifs is 5. The first-order valence-corrected chi connectivity index (χ1v) is 30.2. The Morgan fingerprint density at radius 2 is 1.68 bits per heavy atom. The van der Waals surface area contributed by atoms with Gasteiger partial charge in [0.25, 0.3) is 0 Å². The number of ether oxygens (including phenoxy) is 7. The van der Waals surface area contributed by atoms with Gasteiger partial charge < -0.3 is 70.2 Å². The standard InChI is InChI=1S/C57H79Br2ClN8O16/c1-31(2)48(66-45(69)18-11-10-12-22-81-52(73)35(29-58)30-59)51(72)65-38(16-14-21-62-53(61)74)50(71)64-37-20-19-36(26-40(37)78-7)63-54(75)83-44-27-46(70)68(6)39-24-34(25-41(79-8)47(39)60)23-32(3)15-13-17-43(80-9)57(77)28-42(82-55(76)67-57)33(4)49-56(44,5)84-49/h13,15,17,19-20,24-26,31,33,35,38,42-44,48-49,77H,10-12,14,16,18,21-23,27-30H2,1-9H3,(H,63,75)(H,64,71)(H,65,72)(H,66,69)(H,67,76)(H3,61,62,74)/b17-13+,32-15+/t33-,38+,42+,43-,44+,48+,49+,56+,57+/m1/s1. The molecule has 0 aliphatic carbocycles. The van der Waals surface area contributed by atoms with Crippen LogP contribution in [0.3, 0.4) is 0 Å². The number of amides is 8. The first-order valence-electron chi connectivity index (χ1n) is 27.6. The number of epoxide rings is 1. The molecule has 9 atom stereocenters. The molecular weight excluding hydrogens is 1250 g/mol. The number of unbranched alkanes of at least 4 members (excludes halogenated alkanes) is 2. The molecule has 24 nitrogen and oxygen atoms in total. The van der Waals surface area contributed by atoms with E-state index in [1.54, 1.807) is 52.0 Å². The SMILES string of the molecule is COc1cc(NC(=O)O[C@H]2CC(=O)N(C)c3cc(cc(OC)c3Cl)C/C(C)=C/C=C/[C@@H](OC)[C@@]3(O)C[C@H](OC(=O)N3)[C@@H](C)[C@@H]3O[C@@]23C)ccc1NC(=O)[C@H](CCCNC(N)=O)NC(=O)[C@@H](NC(=O)CCCCCOC(=O)C(CBr)CBr)C(C)C. The summed E-state index contributed by atoms with van der Waals surface area (Å²) in [6, 6.07) is 4.81. The van der Waals surface area contributed by atoms with E-state index in [0.29, 0.717) is 47.8 Å². The summed E-state index contributed by atoms with van der Waals surface area (Å²) in [6.07, 6.45) is 1.07. The van der Waals surface area contributed by atoms with Crippen LogP contribution in [0, 0.1) is 17.8 Å². The fourth-order valence-corrected chi connectivity index (χ4v) is 11.7. The average Bonchev–Trinajstić information content (AvgIpc) is 2.00. The van der Waals surface area contributed by atoms with Crippen molar-refractivity contribution in [1.82, 2.24) is 21.3 Å². The maximum absolute atomic E-state index is 14.5. The largest absolute Gasteiger partial charge is 0.495 e. The summed E-state index contributed by atoms with van der Waals surface area (Å²) in [7, 11) is 5.72. The van der Waals surface area contributed by atoms with Crippen LogP contribution in [0.25, 0.3) is 0 Å². The summed E-state index contributed by atoms with van der Waals surface area (Å²) < 4.78 is 40.4. The highest BCUT2D eigenvalue weighted by Gasteiger charge is 2.64. The van der Waals surface area contributed by atoms with E-state index in [0.717, 1.165) is 11.1 Å². The number of primary amides is 1. The first kappa shape index (κ1) is 68.6. The molecule has 5 rings (SSSR count). The van der Waals surface area contributed by atoms with Gasteiger partial charge in [0, 0.05) is 61.9 Å². The fourth-order valence-electron chi connectivity index (χ4n) is 9.82. The molecule has 27 heteroatoms. The van der Waals surface area contributed by atoms with Gasteiger partial charge in [0.1, 0.15) is 52.5 Å². The van der Waals surface area contributed by atoms with E-state index in [1.807, 2.05) is 13.0 Å². The molecule has 9 N–H and O–H groups in total. The number of aliphatic hydroxyl groups is 1. The molecular formula is C57H79Br2ClN8O16. The zero-order valence-electron chi connectivity index (χ0n) is 48.7. The number of benzene rings is 2. The van der Waals surface area contributed by atoms with Gasteiger partial charge in [-0.1, -0.05) is 88.0 Å². The number of hydrogen-bond acceptors (Lipinski definition) is 16. The third-order valence-electron chi connectivity index (χ3n) is 14.8. The molecule has 0 aromatic heterocycles. The van der Waals surface area contributed by atoms with E-state index in [2.05, 4.69) is 63.8 Å². The topological polar surface area (TPSA) is 326 Å². The number of alkyl halides is 2. The fraction of sp³-hybridized carbons (Fsp3) is 0.579. The van der Waals surface area contributed by atoms with Crippen molar-refractivity contribution in [2.75, 3.05) is 67.7 Å². The van der Waals surface area contributed by atoms with Gasteiger partial charge in [0.2, 0.25) is 23.6 Å². The highest BCUT2D eigenvalue weighted by molar-refractivity contribution is 9.09. The molecule has 0 unspecified atom stereocenters. The van der Waals surface area contributed by atoms with Crippen molar-refractivity contribution in [2.24, 2.45) is 23.5 Å². The van der Waals surface area contributed by atoms with Gasteiger partial charge in [0.05, 0.1) is 50.6 Å². The summed E-state index contributed by atoms with van der Waals surface area (Å²) in [5, 5.41) is 28.9. The number of alkyl carbamates (subject to hydrolysis) is 1. The van der Waals surface area contributed by atoms with Gasteiger partial charge in [-0.15, -0.1) is 0 Å². The number of halogens is 3. The molecule has 464 valence electrons. The van der Waals surface area contributed by atoms with Crippen molar-refractivity contribution in [3.8, 4) is 11.5 Å². The maximum Gasteiger partial charge on any atom is 0.412 e. The number of nitrogens with zero attached hydrogens (tertiary/aromatic N) is 1. The summed E-state index contributed by atoms with van der Waals surface area (Å²) >= 11 is 13.4.